The van der Waals surface area contributed by atoms with Crippen molar-refractivity contribution in [3.05, 3.63) is 46.6 Å². The second-order valence-corrected chi connectivity index (χ2v) is 8.38. The Kier molecular flexibility index (Phi) is 3.70. The Morgan fingerprint density at radius 2 is 2.04 bits per heavy atom. The van der Waals surface area contributed by atoms with E-state index in [0.717, 1.165) is 30.2 Å². The Balaban J connectivity index is 1.62. The molecule has 1 aliphatic carbocycles. The second-order valence-electron chi connectivity index (χ2n) is 6.07. The predicted octanol–water partition coefficient (Wildman–Crippen LogP) is 3.34. The number of hydrogen-bond acceptors (Lipinski definition) is 4. The van der Waals surface area contributed by atoms with Crippen molar-refractivity contribution in [1.29, 1.82) is 0 Å². The number of fused-ring (bicyclic) bond motifs is 1. The van der Waals surface area contributed by atoms with Gasteiger partial charge >= 0.3 is 0 Å². The molecule has 1 aromatic carbocycles. The van der Waals surface area contributed by atoms with Gasteiger partial charge in [-0.25, -0.2) is 13.4 Å². The third kappa shape index (κ3) is 2.58. The van der Waals surface area contributed by atoms with E-state index in [1.54, 1.807) is 18.2 Å². The highest BCUT2D eigenvalue weighted by Crippen LogP contribution is 2.38. The monoisotopic (exact) mass is 352 g/mol. The molecule has 122 valence electrons. The topological polar surface area (TPSA) is 63.4 Å². The Morgan fingerprint density at radius 3 is 2.74 bits per heavy atom. The number of rotatable bonds is 3. The highest BCUT2D eigenvalue weighted by molar-refractivity contribution is 7.89. The van der Waals surface area contributed by atoms with Crippen molar-refractivity contribution in [3.8, 4) is 0 Å². The van der Waals surface area contributed by atoms with Gasteiger partial charge in [0.25, 0.3) is 0 Å². The minimum atomic E-state index is -3.62. The van der Waals surface area contributed by atoms with Crippen LogP contribution in [0.1, 0.15) is 42.5 Å². The van der Waals surface area contributed by atoms with E-state index >= 15 is 0 Å². The molecule has 0 bridgehead atoms. The zero-order valence-electron chi connectivity index (χ0n) is 12.5. The van der Waals surface area contributed by atoms with Gasteiger partial charge in [-0.15, -0.1) is 0 Å². The average molecular weight is 353 g/mol. The molecule has 1 saturated carbocycles. The third-order valence-electron chi connectivity index (χ3n) is 4.62. The lowest BCUT2D eigenvalue weighted by Gasteiger charge is -2.25. The van der Waals surface area contributed by atoms with Crippen molar-refractivity contribution in [1.82, 2.24) is 9.29 Å². The Hall–Kier alpha value is -1.37. The number of aromatic nitrogens is 1. The molecule has 1 aromatic heterocycles. The summed E-state index contributed by atoms with van der Waals surface area (Å²) in [6.07, 6.45) is 3.99. The molecule has 5 nitrogen and oxygen atoms in total. The van der Waals surface area contributed by atoms with Gasteiger partial charge in [-0.2, -0.15) is 4.31 Å². The van der Waals surface area contributed by atoms with E-state index < -0.39 is 10.0 Å². The van der Waals surface area contributed by atoms with Gasteiger partial charge in [0.15, 0.2) is 5.89 Å². The van der Waals surface area contributed by atoms with E-state index in [0.29, 0.717) is 18.9 Å². The normalized spacial score (nSPS) is 19.3. The lowest BCUT2D eigenvalue weighted by atomic mass is 9.85. The van der Waals surface area contributed by atoms with Crippen molar-refractivity contribution < 1.29 is 12.8 Å². The van der Waals surface area contributed by atoms with Crippen LogP contribution >= 0.6 is 11.6 Å². The van der Waals surface area contributed by atoms with Crippen molar-refractivity contribution in [3.63, 3.8) is 0 Å². The zero-order valence-corrected chi connectivity index (χ0v) is 14.1. The van der Waals surface area contributed by atoms with E-state index in [4.69, 9.17) is 16.0 Å². The number of halogens is 1. The molecule has 4 rings (SSSR count). The molecule has 0 N–H and O–H groups in total. The summed E-state index contributed by atoms with van der Waals surface area (Å²) in [6, 6.07) is 6.53. The van der Waals surface area contributed by atoms with Crippen LogP contribution in [0.4, 0.5) is 0 Å². The summed E-state index contributed by atoms with van der Waals surface area (Å²) in [5.41, 5.74) is 0.744. The number of hydrogen-bond donors (Lipinski definition) is 0. The highest BCUT2D eigenvalue weighted by atomic mass is 35.5. The van der Waals surface area contributed by atoms with Crippen molar-refractivity contribution in [2.24, 2.45) is 0 Å². The van der Waals surface area contributed by atoms with Crippen molar-refractivity contribution >= 4 is 21.6 Å². The molecule has 0 atom stereocenters. The standard InChI is InChI=1S/C16H17ClN2O3S/c17-12-6-1-2-7-15(12)23(20,21)19-9-8-14-13(10-19)18-16(22-14)11-4-3-5-11/h1-2,6-7,11H,3-5,8-10H2. The number of oxazole rings is 1. The molecular weight excluding hydrogens is 336 g/mol. The number of benzene rings is 1. The summed E-state index contributed by atoms with van der Waals surface area (Å²) in [6.45, 7) is 0.638. The smallest absolute Gasteiger partial charge is 0.244 e. The number of sulfonamides is 1. The first-order valence-electron chi connectivity index (χ1n) is 7.79. The van der Waals surface area contributed by atoms with Crippen LogP contribution in [0.3, 0.4) is 0 Å². The van der Waals surface area contributed by atoms with E-state index in [-0.39, 0.29) is 16.5 Å². The molecule has 7 heteroatoms. The highest BCUT2D eigenvalue weighted by Gasteiger charge is 2.34. The summed E-state index contributed by atoms with van der Waals surface area (Å²) in [5.74, 6) is 2.02. The van der Waals surface area contributed by atoms with Gasteiger partial charge < -0.3 is 4.42 Å². The summed E-state index contributed by atoms with van der Waals surface area (Å²) >= 11 is 6.06. The summed E-state index contributed by atoms with van der Waals surface area (Å²) < 4.78 is 32.9. The van der Waals surface area contributed by atoms with Gasteiger partial charge in [0, 0.05) is 18.9 Å². The van der Waals surface area contributed by atoms with Crippen LogP contribution in [0, 0.1) is 0 Å². The van der Waals surface area contributed by atoms with Gasteiger partial charge in [0.2, 0.25) is 10.0 Å². The maximum atomic E-state index is 12.8. The largest absolute Gasteiger partial charge is 0.445 e. The Bertz CT molecular complexity index is 843. The van der Waals surface area contributed by atoms with Crippen LogP contribution in [-0.4, -0.2) is 24.3 Å². The minimum Gasteiger partial charge on any atom is -0.445 e. The van der Waals surface area contributed by atoms with E-state index in [9.17, 15) is 8.42 Å². The van der Waals surface area contributed by atoms with Crippen LogP contribution in [0.5, 0.6) is 0 Å². The van der Waals surface area contributed by atoms with Crippen LogP contribution in [0.2, 0.25) is 5.02 Å². The van der Waals surface area contributed by atoms with Crippen molar-refractivity contribution in [2.45, 2.75) is 43.0 Å². The van der Waals surface area contributed by atoms with Gasteiger partial charge in [-0.1, -0.05) is 30.2 Å². The Morgan fingerprint density at radius 1 is 1.26 bits per heavy atom. The summed E-state index contributed by atoms with van der Waals surface area (Å²) in [7, 11) is -3.62. The van der Waals surface area contributed by atoms with E-state index in [1.165, 1.54) is 16.8 Å². The van der Waals surface area contributed by atoms with E-state index in [2.05, 4.69) is 4.98 Å². The second kappa shape index (κ2) is 5.61. The zero-order chi connectivity index (χ0) is 16.0. The molecule has 0 spiro atoms. The first-order valence-corrected chi connectivity index (χ1v) is 9.60. The van der Waals surface area contributed by atoms with Gasteiger partial charge in [-0.05, 0) is 25.0 Å². The molecule has 0 amide bonds. The maximum absolute atomic E-state index is 12.8. The van der Waals surface area contributed by atoms with E-state index in [1.807, 2.05) is 0 Å². The molecule has 0 saturated heterocycles. The molecule has 0 unspecified atom stereocenters. The quantitative estimate of drug-likeness (QED) is 0.849. The Labute approximate surface area is 140 Å². The average Bonchev–Trinajstić information content (AvgIpc) is 2.87. The van der Waals surface area contributed by atoms with Gasteiger partial charge in [-0.3, -0.25) is 0 Å². The molecule has 1 fully saturated rings. The lowest BCUT2D eigenvalue weighted by Crippen LogP contribution is -2.36. The summed E-state index contributed by atoms with van der Waals surface area (Å²) in [4.78, 5) is 4.69. The molecule has 2 aliphatic rings. The van der Waals surface area contributed by atoms with Crippen LogP contribution in [-0.2, 0) is 23.0 Å². The first-order chi connectivity index (χ1) is 11.1. The van der Waals surface area contributed by atoms with Crippen LogP contribution in [0.25, 0.3) is 0 Å². The fourth-order valence-corrected chi connectivity index (χ4v) is 4.92. The first kappa shape index (κ1) is 15.2. The molecule has 0 radical (unpaired) electrons. The van der Waals surface area contributed by atoms with Gasteiger partial charge in [0.1, 0.15) is 10.7 Å². The third-order valence-corrected chi connectivity index (χ3v) is 6.96. The fraction of sp³-hybridized carbons (Fsp3) is 0.438. The predicted molar refractivity (Wildman–Crippen MR) is 85.8 cm³/mol. The maximum Gasteiger partial charge on any atom is 0.244 e. The van der Waals surface area contributed by atoms with Gasteiger partial charge in [0.05, 0.1) is 17.3 Å². The van der Waals surface area contributed by atoms with Crippen molar-refractivity contribution in [2.75, 3.05) is 6.54 Å². The number of nitrogens with zero attached hydrogens (tertiary/aromatic N) is 2. The fourth-order valence-electron chi connectivity index (χ4n) is 3.02. The molecule has 2 heterocycles. The lowest BCUT2D eigenvalue weighted by molar-refractivity contribution is 0.314. The molecule has 1 aliphatic heterocycles. The molecule has 23 heavy (non-hydrogen) atoms. The minimum absolute atomic E-state index is 0.146. The SMILES string of the molecule is O=S(=O)(c1ccccc1Cl)N1CCc2oc(C3CCC3)nc2C1. The molecular formula is C16H17ClN2O3S. The summed E-state index contributed by atoms with van der Waals surface area (Å²) in [5, 5.41) is 0.244. The van der Waals surface area contributed by atoms with Crippen LogP contribution < -0.4 is 0 Å². The van der Waals surface area contributed by atoms with Crippen LogP contribution in [0.15, 0.2) is 33.6 Å². The molecule has 2 aromatic rings.